The minimum atomic E-state index is -1.07. The number of carboxylic acid groups (broad SMARTS) is 1. The third kappa shape index (κ3) is 2.19. The molecule has 0 saturated heterocycles. The van der Waals surface area contributed by atoms with Crippen molar-refractivity contribution >= 4 is 5.97 Å². The van der Waals surface area contributed by atoms with Crippen LogP contribution < -0.4 is 0 Å². The molecule has 0 aliphatic rings. The molecule has 0 fully saturated rings. The number of hydrogen-bond acceptors (Lipinski definition) is 4. The zero-order valence-corrected chi connectivity index (χ0v) is 7.82. The Balaban J connectivity index is 1.96. The third-order valence-electron chi connectivity index (χ3n) is 1.88. The second-order valence-corrected chi connectivity index (χ2v) is 2.94. The molecule has 15 heavy (non-hydrogen) atoms. The fourth-order valence-corrected chi connectivity index (χ4v) is 1.14. The van der Waals surface area contributed by atoms with Crippen molar-refractivity contribution in [3.63, 3.8) is 0 Å². The maximum Gasteiger partial charge on any atom is 0.358 e. The summed E-state index contributed by atoms with van der Waals surface area (Å²) in [5.41, 5.74) is -0.0459. The van der Waals surface area contributed by atoms with Crippen LogP contribution in [0, 0.1) is 0 Å². The quantitative estimate of drug-likeness (QED) is 0.754. The normalized spacial score (nSPS) is 10.4. The molecule has 2 aromatic heterocycles. The Hall–Kier alpha value is -2.18. The second kappa shape index (κ2) is 3.91. The standard InChI is InChI=1S/C8H9N5O2/c14-8(15)7-6-13(11-10-7)5-4-12-3-1-2-9-12/h1-3,6H,4-5H2,(H,14,15). The number of aromatic nitrogens is 5. The average Bonchev–Trinajstić information content (AvgIpc) is 2.86. The fraction of sp³-hybridized carbons (Fsp3) is 0.250. The van der Waals surface area contributed by atoms with Crippen molar-refractivity contribution in [2.24, 2.45) is 0 Å². The Bertz CT molecular complexity index is 447. The smallest absolute Gasteiger partial charge is 0.358 e. The van der Waals surface area contributed by atoms with Crippen LogP contribution in [0.15, 0.2) is 24.7 Å². The highest BCUT2D eigenvalue weighted by Gasteiger charge is 2.07. The van der Waals surface area contributed by atoms with E-state index in [9.17, 15) is 4.79 Å². The Kier molecular flexibility index (Phi) is 2.44. The van der Waals surface area contributed by atoms with Gasteiger partial charge < -0.3 is 5.11 Å². The van der Waals surface area contributed by atoms with E-state index in [1.54, 1.807) is 10.9 Å². The maximum absolute atomic E-state index is 10.5. The summed E-state index contributed by atoms with van der Waals surface area (Å²) in [6.45, 7) is 1.18. The highest BCUT2D eigenvalue weighted by molar-refractivity contribution is 5.84. The molecule has 0 aliphatic heterocycles. The van der Waals surface area contributed by atoms with Gasteiger partial charge in [0.1, 0.15) is 0 Å². The van der Waals surface area contributed by atoms with Gasteiger partial charge in [-0.25, -0.2) is 9.48 Å². The minimum Gasteiger partial charge on any atom is -0.476 e. The topological polar surface area (TPSA) is 85.8 Å². The highest BCUT2D eigenvalue weighted by Crippen LogP contribution is 1.94. The minimum absolute atomic E-state index is 0.0459. The van der Waals surface area contributed by atoms with Gasteiger partial charge in [0, 0.05) is 12.4 Å². The van der Waals surface area contributed by atoms with Crippen molar-refractivity contribution in [2.75, 3.05) is 0 Å². The molecule has 0 unspecified atom stereocenters. The molecular formula is C8H9N5O2. The zero-order valence-electron chi connectivity index (χ0n) is 7.82. The van der Waals surface area contributed by atoms with E-state index in [-0.39, 0.29) is 5.69 Å². The van der Waals surface area contributed by atoms with Gasteiger partial charge in [-0.05, 0) is 6.07 Å². The lowest BCUT2D eigenvalue weighted by Gasteiger charge is -1.99. The molecule has 0 aliphatic carbocycles. The van der Waals surface area contributed by atoms with Crippen LogP contribution in [0.1, 0.15) is 10.5 Å². The molecule has 0 atom stereocenters. The SMILES string of the molecule is O=C(O)c1cn(CCn2cccn2)nn1. The van der Waals surface area contributed by atoms with Crippen LogP contribution in [-0.2, 0) is 13.1 Å². The van der Waals surface area contributed by atoms with Gasteiger partial charge in [-0.15, -0.1) is 5.10 Å². The zero-order chi connectivity index (χ0) is 10.7. The molecule has 0 spiro atoms. The summed E-state index contributed by atoms with van der Waals surface area (Å²) < 4.78 is 3.22. The first kappa shape index (κ1) is 9.38. The van der Waals surface area contributed by atoms with Gasteiger partial charge in [0.25, 0.3) is 0 Å². The summed E-state index contributed by atoms with van der Waals surface area (Å²) in [5.74, 6) is -1.07. The summed E-state index contributed by atoms with van der Waals surface area (Å²) >= 11 is 0. The van der Waals surface area contributed by atoms with E-state index in [2.05, 4.69) is 15.4 Å². The molecule has 2 rings (SSSR count). The molecular weight excluding hydrogens is 198 g/mol. The lowest BCUT2D eigenvalue weighted by atomic mass is 10.5. The first-order valence-electron chi connectivity index (χ1n) is 4.36. The van der Waals surface area contributed by atoms with Crippen molar-refractivity contribution in [3.8, 4) is 0 Å². The van der Waals surface area contributed by atoms with Gasteiger partial charge in [0.05, 0.1) is 19.3 Å². The van der Waals surface area contributed by atoms with Crippen LogP contribution in [0.5, 0.6) is 0 Å². The maximum atomic E-state index is 10.5. The summed E-state index contributed by atoms with van der Waals surface area (Å²) in [6.07, 6.45) is 4.91. The van der Waals surface area contributed by atoms with Gasteiger partial charge in [-0.3, -0.25) is 4.68 Å². The predicted octanol–water partition coefficient (Wildman–Crippen LogP) is -0.127. The Morgan fingerprint density at radius 3 is 2.80 bits per heavy atom. The average molecular weight is 207 g/mol. The van der Waals surface area contributed by atoms with Crippen LogP contribution >= 0.6 is 0 Å². The fourth-order valence-electron chi connectivity index (χ4n) is 1.14. The van der Waals surface area contributed by atoms with Crippen LogP contribution in [0.2, 0.25) is 0 Å². The van der Waals surface area contributed by atoms with Crippen molar-refractivity contribution in [1.29, 1.82) is 0 Å². The van der Waals surface area contributed by atoms with Crippen molar-refractivity contribution in [1.82, 2.24) is 24.8 Å². The van der Waals surface area contributed by atoms with E-state index in [0.717, 1.165) is 0 Å². The molecule has 0 aromatic carbocycles. The van der Waals surface area contributed by atoms with E-state index in [1.165, 1.54) is 10.9 Å². The number of aromatic carboxylic acids is 1. The first-order valence-corrected chi connectivity index (χ1v) is 4.36. The van der Waals surface area contributed by atoms with Crippen LogP contribution in [0.4, 0.5) is 0 Å². The summed E-state index contributed by atoms with van der Waals surface area (Å²) in [6, 6.07) is 1.82. The molecule has 2 heterocycles. The second-order valence-electron chi connectivity index (χ2n) is 2.94. The lowest BCUT2D eigenvalue weighted by molar-refractivity contribution is 0.0690. The number of carbonyl (C=O) groups is 1. The Morgan fingerprint density at radius 2 is 2.20 bits per heavy atom. The van der Waals surface area contributed by atoms with E-state index in [0.29, 0.717) is 13.1 Å². The number of hydrogen-bond donors (Lipinski definition) is 1. The van der Waals surface area contributed by atoms with Gasteiger partial charge >= 0.3 is 5.97 Å². The lowest BCUT2D eigenvalue weighted by Crippen LogP contribution is -2.08. The van der Waals surface area contributed by atoms with E-state index in [1.807, 2.05) is 12.3 Å². The number of aryl methyl sites for hydroxylation is 2. The van der Waals surface area contributed by atoms with Crippen molar-refractivity contribution in [2.45, 2.75) is 13.1 Å². The first-order chi connectivity index (χ1) is 7.25. The van der Waals surface area contributed by atoms with Crippen LogP contribution in [0.25, 0.3) is 0 Å². The Morgan fingerprint density at radius 1 is 1.40 bits per heavy atom. The molecule has 0 amide bonds. The molecule has 78 valence electrons. The largest absolute Gasteiger partial charge is 0.476 e. The van der Waals surface area contributed by atoms with Gasteiger partial charge in [-0.2, -0.15) is 5.10 Å². The monoisotopic (exact) mass is 207 g/mol. The van der Waals surface area contributed by atoms with Gasteiger partial charge in [0.15, 0.2) is 5.69 Å². The number of carboxylic acids is 1. The summed E-state index contributed by atoms with van der Waals surface area (Å²) in [5, 5.41) is 19.8. The highest BCUT2D eigenvalue weighted by atomic mass is 16.4. The Labute approximate surface area is 84.9 Å². The van der Waals surface area contributed by atoms with Gasteiger partial charge in [0.2, 0.25) is 0 Å². The molecule has 0 saturated carbocycles. The van der Waals surface area contributed by atoms with Crippen LogP contribution in [-0.4, -0.2) is 35.9 Å². The van der Waals surface area contributed by atoms with Crippen LogP contribution in [0.3, 0.4) is 0 Å². The molecule has 0 radical (unpaired) electrons. The predicted molar refractivity (Wildman–Crippen MR) is 49.2 cm³/mol. The third-order valence-corrected chi connectivity index (χ3v) is 1.88. The number of rotatable bonds is 4. The van der Waals surface area contributed by atoms with Crippen molar-refractivity contribution < 1.29 is 9.90 Å². The van der Waals surface area contributed by atoms with E-state index < -0.39 is 5.97 Å². The molecule has 1 N–H and O–H groups in total. The number of nitrogens with zero attached hydrogens (tertiary/aromatic N) is 5. The summed E-state index contributed by atoms with van der Waals surface area (Å²) in [7, 11) is 0. The van der Waals surface area contributed by atoms with E-state index in [4.69, 9.17) is 5.11 Å². The molecule has 0 bridgehead atoms. The molecule has 2 aromatic rings. The van der Waals surface area contributed by atoms with Gasteiger partial charge in [-0.1, -0.05) is 5.21 Å². The summed E-state index contributed by atoms with van der Waals surface area (Å²) in [4.78, 5) is 10.5. The molecule has 7 heteroatoms. The van der Waals surface area contributed by atoms with Crippen molar-refractivity contribution in [3.05, 3.63) is 30.4 Å². The van der Waals surface area contributed by atoms with E-state index >= 15 is 0 Å². The molecule has 7 nitrogen and oxygen atoms in total.